The normalized spacial score (nSPS) is 15.0. The number of ether oxygens (including phenoxy) is 3. The van der Waals surface area contributed by atoms with Crippen molar-refractivity contribution in [1.82, 2.24) is 0 Å². The summed E-state index contributed by atoms with van der Waals surface area (Å²) in [7, 11) is -6.02. The zero-order valence-corrected chi connectivity index (χ0v) is 14.3. The molecule has 1 unspecified atom stereocenters. The molecule has 0 radical (unpaired) electrons. The monoisotopic (exact) mass is 432 g/mol. The molecule has 158 valence electrons. The fourth-order valence-corrected chi connectivity index (χ4v) is 1.65. The minimum absolute atomic E-state index is 0.00965. The minimum Gasteiger partial charge on any atom is -0.461 e. The van der Waals surface area contributed by atoms with Crippen LogP contribution in [0.15, 0.2) is 12.4 Å². The largest absolute Gasteiger partial charge is 0.468 e. The summed E-state index contributed by atoms with van der Waals surface area (Å²) in [6, 6.07) is 0. The molecule has 0 aromatic carbocycles. The minimum atomic E-state index is -6.02. The smallest absolute Gasteiger partial charge is 0.461 e. The van der Waals surface area contributed by atoms with Gasteiger partial charge >= 0.3 is 39.3 Å². The Labute approximate surface area is 148 Å². The molecular formula is C12H14F6O8S. The molecule has 0 heterocycles. The lowest BCUT2D eigenvalue weighted by Gasteiger charge is -2.32. The number of hydrogen-bond donors (Lipinski definition) is 1. The van der Waals surface area contributed by atoms with Crippen molar-refractivity contribution in [1.29, 1.82) is 0 Å². The lowest BCUT2D eigenvalue weighted by atomic mass is 10.2. The van der Waals surface area contributed by atoms with Crippen LogP contribution in [0.2, 0.25) is 0 Å². The van der Waals surface area contributed by atoms with Gasteiger partial charge in [0, 0.05) is 0 Å². The lowest BCUT2D eigenvalue weighted by molar-refractivity contribution is -0.356. The molecule has 0 aromatic heterocycles. The number of esters is 2. The van der Waals surface area contributed by atoms with Crippen molar-refractivity contribution in [3.05, 3.63) is 12.4 Å². The van der Waals surface area contributed by atoms with Crippen molar-refractivity contribution in [2.24, 2.45) is 0 Å². The SMILES string of the molecule is C=C(F)C(=O)OC(OCCC(F)(F)S(=O)(=O)O)(C(=O)OCCC)C(F)(F)F. The van der Waals surface area contributed by atoms with E-state index in [4.69, 9.17) is 4.55 Å². The van der Waals surface area contributed by atoms with E-state index in [1.165, 1.54) is 6.92 Å². The Balaban J connectivity index is 5.82. The highest BCUT2D eigenvalue weighted by molar-refractivity contribution is 7.86. The van der Waals surface area contributed by atoms with Gasteiger partial charge < -0.3 is 14.2 Å². The van der Waals surface area contributed by atoms with E-state index in [9.17, 15) is 44.3 Å². The maximum Gasteiger partial charge on any atom is 0.468 e. The maximum atomic E-state index is 13.3. The molecule has 0 saturated carbocycles. The van der Waals surface area contributed by atoms with Gasteiger partial charge in [-0.3, -0.25) is 4.55 Å². The first-order valence-electron chi connectivity index (χ1n) is 6.82. The van der Waals surface area contributed by atoms with Crippen LogP contribution in [0.25, 0.3) is 0 Å². The summed E-state index contributed by atoms with van der Waals surface area (Å²) in [4.78, 5) is 22.9. The average molecular weight is 432 g/mol. The second-order valence-corrected chi connectivity index (χ2v) is 6.30. The molecule has 0 amide bonds. The van der Waals surface area contributed by atoms with Gasteiger partial charge in [-0.05, 0) is 6.42 Å². The molecule has 0 rings (SSSR count). The molecule has 0 aromatic rings. The van der Waals surface area contributed by atoms with Crippen molar-refractivity contribution < 1.29 is 63.1 Å². The van der Waals surface area contributed by atoms with E-state index in [1.807, 2.05) is 0 Å². The van der Waals surface area contributed by atoms with E-state index in [1.54, 1.807) is 0 Å². The Morgan fingerprint density at radius 3 is 2.00 bits per heavy atom. The Morgan fingerprint density at radius 2 is 1.63 bits per heavy atom. The molecule has 0 spiro atoms. The summed E-state index contributed by atoms with van der Waals surface area (Å²) in [6.07, 6.45) is -8.03. The second kappa shape index (κ2) is 8.88. The van der Waals surface area contributed by atoms with Crippen LogP contribution >= 0.6 is 0 Å². The zero-order chi connectivity index (χ0) is 21.7. The number of carbonyl (C=O) groups is 2. The van der Waals surface area contributed by atoms with Gasteiger partial charge in [0.1, 0.15) is 0 Å². The topological polar surface area (TPSA) is 116 Å². The third-order valence-electron chi connectivity index (χ3n) is 2.61. The van der Waals surface area contributed by atoms with Gasteiger partial charge in [-0.25, -0.2) is 9.59 Å². The van der Waals surface area contributed by atoms with Crippen LogP contribution in [0.4, 0.5) is 26.3 Å². The third-order valence-corrected chi connectivity index (χ3v) is 3.57. The average Bonchev–Trinajstić information content (AvgIpc) is 2.48. The third kappa shape index (κ3) is 6.35. The van der Waals surface area contributed by atoms with Crippen molar-refractivity contribution in [3.63, 3.8) is 0 Å². The molecule has 0 saturated heterocycles. The molecular weight excluding hydrogens is 418 g/mol. The number of rotatable bonds is 10. The summed E-state index contributed by atoms with van der Waals surface area (Å²) in [5.41, 5.74) is 0. The lowest BCUT2D eigenvalue weighted by Crippen LogP contribution is -2.58. The van der Waals surface area contributed by atoms with Gasteiger partial charge in [-0.1, -0.05) is 13.5 Å². The van der Waals surface area contributed by atoms with E-state index in [2.05, 4.69) is 20.8 Å². The quantitative estimate of drug-likeness (QED) is 0.184. The van der Waals surface area contributed by atoms with E-state index >= 15 is 0 Å². The molecule has 0 fully saturated rings. The Hall–Kier alpha value is -1.87. The second-order valence-electron chi connectivity index (χ2n) is 4.76. The van der Waals surface area contributed by atoms with E-state index in [-0.39, 0.29) is 6.42 Å². The van der Waals surface area contributed by atoms with Crippen LogP contribution in [0.5, 0.6) is 0 Å². The van der Waals surface area contributed by atoms with Crippen LogP contribution in [0.3, 0.4) is 0 Å². The summed E-state index contributed by atoms with van der Waals surface area (Å²) in [6.45, 7) is 1.19. The van der Waals surface area contributed by atoms with E-state index in [0.29, 0.717) is 0 Å². The number of hydrogen-bond acceptors (Lipinski definition) is 7. The molecule has 1 atom stereocenters. The predicted molar refractivity (Wildman–Crippen MR) is 73.4 cm³/mol. The van der Waals surface area contributed by atoms with Crippen LogP contribution in [-0.4, -0.2) is 55.3 Å². The van der Waals surface area contributed by atoms with Crippen LogP contribution in [-0.2, 0) is 33.9 Å². The molecule has 0 bridgehead atoms. The fraction of sp³-hybridized carbons (Fsp3) is 0.667. The summed E-state index contributed by atoms with van der Waals surface area (Å²) in [5.74, 6) is -11.6. The van der Waals surface area contributed by atoms with Gasteiger partial charge in [0.2, 0.25) is 5.83 Å². The number of alkyl halides is 5. The zero-order valence-electron chi connectivity index (χ0n) is 13.5. The molecule has 0 aliphatic rings. The first-order valence-corrected chi connectivity index (χ1v) is 8.26. The van der Waals surface area contributed by atoms with E-state index < -0.39 is 64.7 Å². The van der Waals surface area contributed by atoms with Crippen molar-refractivity contribution in [2.75, 3.05) is 13.2 Å². The Kier molecular flexibility index (Phi) is 8.26. The van der Waals surface area contributed by atoms with Gasteiger partial charge in [0.15, 0.2) is 0 Å². The van der Waals surface area contributed by atoms with Crippen molar-refractivity contribution in [3.8, 4) is 0 Å². The molecule has 0 aliphatic carbocycles. The highest BCUT2D eigenvalue weighted by Gasteiger charge is 2.68. The highest BCUT2D eigenvalue weighted by atomic mass is 32.2. The van der Waals surface area contributed by atoms with Gasteiger partial charge in [0.25, 0.3) is 0 Å². The van der Waals surface area contributed by atoms with Crippen LogP contribution in [0, 0.1) is 0 Å². The van der Waals surface area contributed by atoms with E-state index in [0.717, 1.165) is 0 Å². The molecule has 27 heavy (non-hydrogen) atoms. The van der Waals surface area contributed by atoms with Crippen LogP contribution < -0.4 is 0 Å². The Bertz CT molecular complexity index is 674. The molecule has 8 nitrogen and oxygen atoms in total. The van der Waals surface area contributed by atoms with Crippen molar-refractivity contribution >= 4 is 22.1 Å². The maximum absolute atomic E-state index is 13.3. The predicted octanol–water partition coefficient (Wildman–Crippen LogP) is 2.11. The molecule has 1 N–H and O–H groups in total. The van der Waals surface area contributed by atoms with Crippen molar-refractivity contribution in [2.45, 2.75) is 37.0 Å². The van der Waals surface area contributed by atoms with Gasteiger partial charge in [-0.15, -0.1) is 0 Å². The molecule has 15 heteroatoms. The Morgan fingerprint density at radius 1 is 1.11 bits per heavy atom. The van der Waals surface area contributed by atoms with Gasteiger partial charge in [-0.2, -0.15) is 34.8 Å². The number of carbonyl (C=O) groups excluding carboxylic acids is 2. The first kappa shape index (κ1) is 25.1. The fourth-order valence-electron chi connectivity index (χ4n) is 1.30. The summed E-state index contributed by atoms with van der Waals surface area (Å²) >= 11 is 0. The summed E-state index contributed by atoms with van der Waals surface area (Å²) in [5, 5.41) is -4.95. The number of halogens is 6. The standard InChI is InChI=1S/C12H14F6O8S/c1-3-5-24-9(20)11(12(16,17)18,26-8(19)7(2)13)25-6-4-10(14,15)27(21,22)23/h2-6H2,1H3,(H,21,22,23). The molecule has 0 aliphatic heterocycles. The summed E-state index contributed by atoms with van der Waals surface area (Å²) < 4.78 is 120. The van der Waals surface area contributed by atoms with Gasteiger partial charge in [0.05, 0.1) is 19.6 Å². The first-order chi connectivity index (χ1) is 12.0. The highest BCUT2D eigenvalue weighted by Crippen LogP contribution is 2.38. The van der Waals surface area contributed by atoms with Crippen LogP contribution in [0.1, 0.15) is 19.8 Å².